The van der Waals surface area contributed by atoms with Gasteiger partial charge in [-0.3, -0.25) is 9.36 Å². The lowest BCUT2D eigenvalue weighted by Crippen LogP contribution is -2.36. The molecular formula is C21H21N3O2. The minimum atomic E-state index is -0.478. The lowest BCUT2D eigenvalue weighted by Gasteiger charge is -2.31. The van der Waals surface area contributed by atoms with Gasteiger partial charge in [0.25, 0.3) is 0 Å². The molecule has 2 unspecified atom stereocenters. The summed E-state index contributed by atoms with van der Waals surface area (Å²) in [7, 11) is 1.42. The number of fused-ring (bicyclic) bond motifs is 3. The number of hydrogen-bond acceptors (Lipinski definition) is 4. The summed E-state index contributed by atoms with van der Waals surface area (Å²) in [5.74, 6) is -0.123. The molecule has 0 spiro atoms. The predicted molar refractivity (Wildman–Crippen MR) is 102 cm³/mol. The van der Waals surface area contributed by atoms with Crippen LogP contribution in [0.5, 0.6) is 0 Å². The summed E-state index contributed by atoms with van der Waals surface area (Å²) in [5.41, 5.74) is 6.02. The fourth-order valence-corrected chi connectivity index (χ4v) is 3.71. The maximum atomic E-state index is 12.6. The summed E-state index contributed by atoms with van der Waals surface area (Å²) in [6, 6.07) is 14.0. The van der Waals surface area contributed by atoms with Crippen LogP contribution in [0.4, 0.5) is 5.95 Å². The topological polar surface area (TPSA) is 56.5 Å². The monoisotopic (exact) mass is 347 g/mol. The van der Waals surface area contributed by atoms with Crippen LogP contribution in [-0.2, 0) is 9.53 Å². The van der Waals surface area contributed by atoms with Crippen molar-refractivity contribution < 1.29 is 9.53 Å². The second-order valence-electron chi connectivity index (χ2n) is 6.82. The number of carbonyl (C=O) groups excluding carboxylic acids is 1. The van der Waals surface area contributed by atoms with Crippen LogP contribution in [0, 0.1) is 19.8 Å². The van der Waals surface area contributed by atoms with E-state index in [1.807, 2.05) is 37.3 Å². The Morgan fingerprint density at radius 1 is 1.08 bits per heavy atom. The number of aromatic nitrogens is 2. The van der Waals surface area contributed by atoms with E-state index in [9.17, 15) is 4.79 Å². The molecule has 132 valence electrons. The van der Waals surface area contributed by atoms with E-state index < -0.39 is 5.92 Å². The first-order chi connectivity index (χ1) is 12.5. The van der Waals surface area contributed by atoms with Crippen LogP contribution in [0.1, 0.15) is 29.7 Å². The Morgan fingerprint density at radius 3 is 2.46 bits per heavy atom. The summed E-state index contributed by atoms with van der Waals surface area (Å²) in [6.07, 6.45) is 0. The molecule has 0 fully saturated rings. The zero-order valence-electron chi connectivity index (χ0n) is 15.4. The van der Waals surface area contributed by atoms with Crippen molar-refractivity contribution >= 4 is 28.7 Å². The van der Waals surface area contributed by atoms with Crippen molar-refractivity contribution in [2.75, 3.05) is 7.11 Å². The van der Waals surface area contributed by atoms with Crippen LogP contribution in [-0.4, -0.2) is 28.3 Å². The van der Waals surface area contributed by atoms with Crippen molar-refractivity contribution in [3.63, 3.8) is 0 Å². The molecule has 5 nitrogen and oxygen atoms in total. The molecule has 0 aliphatic carbocycles. The van der Waals surface area contributed by atoms with Gasteiger partial charge in [0.1, 0.15) is 5.92 Å². The molecule has 2 heterocycles. The Kier molecular flexibility index (Phi) is 3.87. The van der Waals surface area contributed by atoms with Gasteiger partial charge < -0.3 is 4.74 Å². The number of ether oxygens (including phenoxy) is 1. The van der Waals surface area contributed by atoms with Crippen molar-refractivity contribution in [2.24, 2.45) is 10.9 Å². The highest BCUT2D eigenvalue weighted by molar-refractivity contribution is 6.04. The maximum absolute atomic E-state index is 12.6. The lowest BCUT2D eigenvalue weighted by molar-refractivity contribution is -0.144. The Morgan fingerprint density at radius 2 is 1.77 bits per heavy atom. The molecule has 5 heteroatoms. The van der Waals surface area contributed by atoms with E-state index in [0.29, 0.717) is 5.95 Å². The average molecular weight is 347 g/mol. The molecule has 4 rings (SSSR count). The number of rotatable bonds is 2. The summed E-state index contributed by atoms with van der Waals surface area (Å²) < 4.78 is 7.18. The van der Waals surface area contributed by atoms with E-state index in [1.165, 1.54) is 18.2 Å². The Hall–Kier alpha value is -2.95. The number of imidazole rings is 1. The first kappa shape index (κ1) is 16.5. The minimum Gasteiger partial charge on any atom is -0.468 e. The molecule has 0 radical (unpaired) electrons. The standard InChI is InChI=1S/C21H21N3O2/c1-12-10-16-17(11-13(12)2)24-19(15-8-6-5-7-9-15)18(20(25)26-4)14(3)22-21(24)23-16/h5-11,18-19H,1-4H3. The van der Waals surface area contributed by atoms with Gasteiger partial charge in [-0.2, -0.15) is 0 Å². The Balaban J connectivity index is 2.04. The van der Waals surface area contributed by atoms with Crippen LogP contribution in [0.25, 0.3) is 11.0 Å². The van der Waals surface area contributed by atoms with Gasteiger partial charge in [0, 0.05) is 5.71 Å². The highest BCUT2D eigenvalue weighted by Crippen LogP contribution is 2.40. The van der Waals surface area contributed by atoms with Gasteiger partial charge in [0.05, 0.1) is 24.2 Å². The van der Waals surface area contributed by atoms with Crippen molar-refractivity contribution in [3.05, 3.63) is 59.2 Å². The lowest BCUT2D eigenvalue weighted by atomic mass is 9.88. The molecule has 0 bridgehead atoms. The number of aliphatic imine (C=N–C) groups is 1. The fraction of sp³-hybridized carbons (Fsp3) is 0.286. The first-order valence-corrected chi connectivity index (χ1v) is 8.68. The smallest absolute Gasteiger partial charge is 0.316 e. The van der Waals surface area contributed by atoms with E-state index in [4.69, 9.17) is 9.72 Å². The number of aryl methyl sites for hydroxylation is 2. The molecule has 0 N–H and O–H groups in total. The number of nitrogens with zero attached hydrogens (tertiary/aromatic N) is 3. The second kappa shape index (κ2) is 6.09. The summed E-state index contributed by atoms with van der Waals surface area (Å²) in [5, 5.41) is 0. The number of carbonyl (C=O) groups is 1. The third kappa shape index (κ3) is 2.43. The zero-order valence-corrected chi connectivity index (χ0v) is 15.4. The molecule has 2 atom stereocenters. The van der Waals surface area contributed by atoms with Crippen LogP contribution >= 0.6 is 0 Å². The van der Waals surface area contributed by atoms with Gasteiger partial charge in [-0.05, 0) is 49.6 Å². The SMILES string of the molecule is COC(=O)C1C(C)=Nc2nc3cc(C)c(C)cc3n2C1c1ccccc1. The molecule has 26 heavy (non-hydrogen) atoms. The number of benzene rings is 2. The molecule has 3 aromatic rings. The highest BCUT2D eigenvalue weighted by Gasteiger charge is 2.39. The molecule has 2 aromatic carbocycles. The van der Waals surface area contributed by atoms with E-state index in [1.54, 1.807) is 0 Å². The van der Waals surface area contributed by atoms with Gasteiger partial charge in [0.2, 0.25) is 5.95 Å². The molecular weight excluding hydrogens is 326 g/mol. The molecule has 0 saturated heterocycles. The van der Waals surface area contributed by atoms with E-state index in [2.05, 4.69) is 35.5 Å². The van der Waals surface area contributed by atoms with E-state index >= 15 is 0 Å². The summed E-state index contributed by atoms with van der Waals surface area (Å²) in [4.78, 5) is 22.0. The molecule has 1 aliphatic heterocycles. The largest absolute Gasteiger partial charge is 0.468 e. The number of methoxy groups -OCH3 is 1. The predicted octanol–water partition coefficient (Wildman–Crippen LogP) is 4.14. The molecule has 1 aliphatic rings. The Labute approximate surface area is 152 Å². The third-order valence-electron chi connectivity index (χ3n) is 5.20. The summed E-state index contributed by atoms with van der Waals surface area (Å²) >= 11 is 0. The van der Waals surface area contributed by atoms with E-state index in [0.717, 1.165) is 22.3 Å². The van der Waals surface area contributed by atoms with Crippen molar-refractivity contribution in [2.45, 2.75) is 26.8 Å². The van der Waals surface area contributed by atoms with Gasteiger partial charge in [-0.25, -0.2) is 9.98 Å². The molecule has 1 aromatic heterocycles. The number of hydrogen-bond donors (Lipinski definition) is 0. The molecule has 0 saturated carbocycles. The Bertz CT molecular complexity index is 1030. The van der Waals surface area contributed by atoms with Crippen LogP contribution in [0.3, 0.4) is 0 Å². The minimum absolute atomic E-state index is 0.233. The molecule has 0 amide bonds. The van der Waals surface area contributed by atoms with Gasteiger partial charge >= 0.3 is 5.97 Å². The van der Waals surface area contributed by atoms with Crippen molar-refractivity contribution in [1.29, 1.82) is 0 Å². The zero-order chi connectivity index (χ0) is 18.4. The first-order valence-electron chi connectivity index (χ1n) is 8.68. The van der Waals surface area contributed by atoms with Crippen LogP contribution in [0.15, 0.2) is 47.5 Å². The van der Waals surface area contributed by atoms with E-state index in [-0.39, 0.29) is 12.0 Å². The van der Waals surface area contributed by atoms with Gasteiger partial charge in [-0.15, -0.1) is 0 Å². The fourth-order valence-electron chi connectivity index (χ4n) is 3.71. The van der Waals surface area contributed by atoms with Crippen LogP contribution < -0.4 is 0 Å². The third-order valence-corrected chi connectivity index (χ3v) is 5.20. The number of esters is 1. The van der Waals surface area contributed by atoms with Crippen LogP contribution in [0.2, 0.25) is 0 Å². The second-order valence-corrected chi connectivity index (χ2v) is 6.82. The van der Waals surface area contributed by atoms with Crippen molar-refractivity contribution in [3.8, 4) is 0 Å². The average Bonchev–Trinajstić information content (AvgIpc) is 2.97. The summed E-state index contributed by atoms with van der Waals surface area (Å²) in [6.45, 7) is 6.03. The van der Waals surface area contributed by atoms with Crippen molar-refractivity contribution in [1.82, 2.24) is 9.55 Å². The quantitative estimate of drug-likeness (QED) is 0.655. The van der Waals surface area contributed by atoms with Gasteiger partial charge in [-0.1, -0.05) is 30.3 Å². The normalized spacial score (nSPS) is 19.2. The maximum Gasteiger partial charge on any atom is 0.316 e. The van der Waals surface area contributed by atoms with Gasteiger partial charge in [0.15, 0.2) is 0 Å². The highest BCUT2D eigenvalue weighted by atomic mass is 16.5.